The highest BCUT2D eigenvalue weighted by molar-refractivity contribution is 5.77. The third-order valence-corrected chi connectivity index (χ3v) is 6.20. The van der Waals surface area contributed by atoms with Crippen molar-refractivity contribution in [2.45, 2.75) is 63.8 Å². The van der Waals surface area contributed by atoms with Gasteiger partial charge in [-0.05, 0) is 75.2 Å². The van der Waals surface area contributed by atoms with E-state index < -0.39 is 0 Å². The molecule has 4 bridgehead atoms. The number of hydrogen-bond donors (Lipinski definition) is 1. The number of hydrogen-bond acceptors (Lipinski definition) is 1. The molecule has 2 heteroatoms. The van der Waals surface area contributed by atoms with Gasteiger partial charge in [-0.25, -0.2) is 0 Å². The van der Waals surface area contributed by atoms with Gasteiger partial charge in [0.05, 0.1) is 0 Å². The zero-order valence-corrected chi connectivity index (χ0v) is 13.6. The maximum Gasteiger partial charge on any atom is 0.220 e. The normalized spacial score (nSPS) is 35.6. The summed E-state index contributed by atoms with van der Waals surface area (Å²) < 4.78 is 0. The third kappa shape index (κ3) is 2.80. The summed E-state index contributed by atoms with van der Waals surface area (Å²) in [5.74, 6) is 2.94. The lowest BCUT2D eigenvalue weighted by molar-refractivity contribution is -0.126. The maximum atomic E-state index is 12.5. The molecular weight excluding hydrogens is 270 g/mol. The second-order valence-electron chi connectivity index (χ2n) is 8.23. The smallest absolute Gasteiger partial charge is 0.220 e. The molecule has 0 aromatic heterocycles. The van der Waals surface area contributed by atoms with Crippen LogP contribution in [0.15, 0.2) is 24.3 Å². The molecule has 1 aromatic carbocycles. The fourth-order valence-corrected chi connectivity index (χ4v) is 5.63. The first kappa shape index (κ1) is 14.3. The van der Waals surface area contributed by atoms with Gasteiger partial charge >= 0.3 is 0 Å². The summed E-state index contributed by atoms with van der Waals surface area (Å²) in [4.78, 5) is 12.5. The first-order chi connectivity index (χ1) is 10.6. The number of amides is 1. The van der Waals surface area contributed by atoms with E-state index >= 15 is 0 Å². The van der Waals surface area contributed by atoms with Crippen molar-refractivity contribution in [1.82, 2.24) is 5.32 Å². The van der Waals surface area contributed by atoms with Crippen LogP contribution in [0.3, 0.4) is 0 Å². The average Bonchev–Trinajstić information content (AvgIpc) is 2.44. The molecule has 2 nitrogen and oxygen atoms in total. The Morgan fingerprint density at radius 3 is 2.14 bits per heavy atom. The third-order valence-electron chi connectivity index (χ3n) is 6.20. The molecule has 22 heavy (non-hydrogen) atoms. The van der Waals surface area contributed by atoms with Crippen LogP contribution in [0, 0.1) is 24.7 Å². The molecule has 0 spiro atoms. The van der Waals surface area contributed by atoms with Gasteiger partial charge in [0.25, 0.3) is 0 Å². The Balaban J connectivity index is 1.35. The van der Waals surface area contributed by atoms with Gasteiger partial charge in [-0.1, -0.05) is 29.8 Å². The van der Waals surface area contributed by atoms with E-state index in [1.165, 1.54) is 49.7 Å². The molecule has 1 aromatic rings. The van der Waals surface area contributed by atoms with Crippen LogP contribution in [0.25, 0.3) is 0 Å². The molecular formula is C20H27NO. The molecule has 4 aliphatic carbocycles. The van der Waals surface area contributed by atoms with Gasteiger partial charge in [-0.3, -0.25) is 4.79 Å². The standard InChI is InChI=1S/C20H27NO/c1-14-2-4-15(5-3-14)6-7-19(22)21-20-11-16-8-17(12-20)10-18(9-16)13-20/h2-5,16-18H,6-13H2,1H3,(H,21,22). The van der Waals surface area contributed by atoms with E-state index in [9.17, 15) is 4.79 Å². The summed E-state index contributed by atoms with van der Waals surface area (Å²) >= 11 is 0. The predicted molar refractivity (Wildman–Crippen MR) is 88.5 cm³/mol. The minimum absolute atomic E-state index is 0.166. The molecule has 0 heterocycles. The monoisotopic (exact) mass is 297 g/mol. The largest absolute Gasteiger partial charge is 0.351 e. The molecule has 1 N–H and O–H groups in total. The zero-order valence-electron chi connectivity index (χ0n) is 13.6. The van der Waals surface area contributed by atoms with E-state index in [0.29, 0.717) is 6.42 Å². The summed E-state index contributed by atoms with van der Waals surface area (Å²) in [5.41, 5.74) is 2.71. The van der Waals surface area contributed by atoms with Crippen LogP contribution in [0.1, 0.15) is 56.1 Å². The van der Waals surface area contributed by atoms with E-state index in [1.54, 1.807) is 0 Å². The summed E-state index contributed by atoms with van der Waals surface area (Å²) in [7, 11) is 0. The van der Waals surface area contributed by atoms with E-state index in [0.717, 1.165) is 24.2 Å². The summed E-state index contributed by atoms with van der Waals surface area (Å²) in [6, 6.07) is 8.55. The highest BCUT2D eigenvalue weighted by Crippen LogP contribution is 2.55. The Bertz CT molecular complexity index is 524. The van der Waals surface area contributed by atoms with Crippen molar-refractivity contribution in [2.75, 3.05) is 0 Å². The highest BCUT2D eigenvalue weighted by atomic mass is 16.1. The van der Waals surface area contributed by atoms with Crippen LogP contribution >= 0.6 is 0 Å². The number of carbonyl (C=O) groups excluding carboxylic acids is 1. The zero-order chi connectivity index (χ0) is 15.2. The Labute approximate surface area is 133 Å². The number of benzene rings is 1. The Morgan fingerprint density at radius 1 is 1.05 bits per heavy atom. The number of rotatable bonds is 4. The van der Waals surface area contributed by atoms with Gasteiger partial charge in [0.1, 0.15) is 0 Å². The fourth-order valence-electron chi connectivity index (χ4n) is 5.63. The van der Waals surface area contributed by atoms with Crippen molar-refractivity contribution in [3.63, 3.8) is 0 Å². The molecule has 5 rings (SSSR count). The van der Waals surface area contributed by atoms with Crippen molar-refractivity contribution in [2.24, 2.45) is 17.8 Å². The lowest BCUT2D eigenvalue weighted by atomic mass is 9.53. The number of nitrogens with one attached hydrogen (secondary N) is 1. The summed E-state index contributed by atoms with van der Waals surface area (Å²) in [6.07, 6.45) is 9.51. The minimum atomic E-state index is 0.166. The van der Waals surface area contributed by atoms with Gasteiger partial charge in [0.15, 0.2) is 0 Å². The second-order valence-corrected chi connectivity index (χ2v) is 8.23. The van der Waals surface area contributed by atoms with Crippen molar-refractivity contribution in [3.05, 3.63) is 35.4 Å². The minimum Gasteiger partial charge on any atom is -0.351 e. The van der Waals surface area contributed by atoms with Crippen LogP contribution in [-0.4, -0.2) is 11.4 Å². The van der Waals surface area contributed by atoms with Crippen LogP contribution in [-0.2, 0) is 11.2 Å². The van der Waals surface area contributed by atoms with E-state index in [1.807, 2.05) is 0 Å². The molecule has 1 amide bonds. The quantitative estimate of drug-likeness (QED) is 0.894. The number of carbonyl (C=O) groups is 1. The molecule has 4 fully saturated rings. The van der Waals surface area contributed by atoms with Crippen LogP contribution in [0.5, 0.6) is 0 Å². The topological polar surface area (TPSA) is 29.1 Å². The Hall–Kier alpha value is -1.31. The maximum absolute atomic E-state index is 12.5. The fraction of sp³-hybridized carbons (Fsp3) is 0.650. The summed E-state index contributed by atoms with van der Waals surface area (Å²) in [6.45, 7) is 2.10. The second kappa shape index (κ2) is 5.40. The van der Waals surface area contributed by atoms with Gasteiger partial charge in [-0.2, -0.15) is 0 Å². The average molecular weight is 297 g/mol. The summed E-state index contributed by atoms with van der Waals surface area (Å²) in [5, 5.41) is 3.47. The Kier molecular flexibility index (Phi) is 3.51. The van der Waals surface area contributed by atoms with E-state index in [2.05, 4.69) is 36.5 Å². The number of aryl methyl sites for hydroxylation is 2. The van der Waals surface area contributed by atoms with E-state index in [-0.39, 0.29) is 11.4 Å². The molecule has 0 unspecified atom stereocenters. The lowest BCUT2D eigenvalue weighted by Crippen LogP contribution is -2.59. The van der Waals surface area contributed by atoms with Crippen LogP contribution in [0.2, 0.25) is 0 Å². The molecule has 0 atom stereocenters. The molecule has 0 radical (unpaired) electrons. The highest BCUT2D eigenvalue weighted by Gasteiger charge is 2.51. The first-order valence-corrected chi connectivity index (χ1v) is 8.97. The van der Waals surface area contributed by atoms with Gasteiger partial charge in [-0.15, -0.1) is 0 Å². The predicted octanol–water partition coefficient (Wildman–Crippen LogP) is 4.01. The van der Waals surface area contributed by atoms with E-state index in [4.69, 9.17) is 0 Å². The first-order valence-electron chi connectivity index (χ1n) is 8.97. The molecule has 118 valence electrons. The molecule has 4 aliphatic rings. The molecule has 0 saturated heterocycles. The van der Waals surface area contributed by atoms with Gasteiger partial charge < -0.3 is 5.32 Å². The molecule has 0 aliphatic heterocycles. The van der Waals surface area contributed by atoms with Crippen molar-refractivity contribution in [1.29, 1.82) is 0 Å². The lowest BCUT2D eigenvalue weighted by Gasteiger charge is -2.56. The van der Waals surface area contributed by atoms with Crippen LogP contribution in [0.4, 0.5) is 0 Å². The van der Waals surface area contributed by atoms with Gasteiger partial charge in [0.2, 0.25) is 5.91 Å². The van der Waals surface area contributed by atoms with Crippen molar-refractivity contribution in [3.8, 4) is 0 Å². The molecule has 4 saturated carbocycles. The van der Waals surface area contributed by atoms with Gasteiger partial charge in [0, 0.05) is 12.0 Å². The van der Waals surface area contributed by atoms with Crippen molar-refractivity contribution < 1.29 is 4.79 Å². The Morgan fingerprint density at radius 2 is 1.59 bits per heavy atom. The van der Waals surface area contributed by atoms with Crippen LogP contribution < -0.4 is 5.32 Å². The SMILES string of the molecule is Cc1ccc(CCC(=O)NC23CC4CC(CC(C4)C2)C3)cc1. The van der Waals surface area contributed by atoms with Crippen molar-refractivity contribution >= 4 is 5.91 Å².